The maximum absolute atomic E-state index is 10.3. The number of rotatable bonds is 5. The summed E-state index contributed by atoms with van der Waals surface area (Å²) in [6, 6.07) is 0. The Kier molecular flexibility index (Phi) is 12.9. The topological polar surface area (TPSA) is 162 Å². The molecule has 0 aliphatic rings. The Labute approximate surface area is 91.4 Å². The van der Waals surface area contributed by atoms with Gasteiger partial charge in [-0.05, 0) is 17.3 Å². The minimum absolute atomic E-state index is 0.111. The third kappa shape index (κ3) is 17.7. The van der Waals surface area contributed by atoms with Gasteiger partial charge in [0.05, 0.1) is 6.61 Å². The molecule has 0 atom stereocenters. The fourth-order valence-corrected chi connectivity index (χ4v) is 0.389. The highest BCUT2D eigenvalue weighted by molar-refractivity contribution is 5.75. The van der Waals surface area contributed by atoms with Crippen molar-refractivity contribution in [2.45, 2.75) is 6.92 Å². The maximum Gasteiger partial charge on any atom is 0.408 e. The molecule has 16 heavy (non-hydrogen) atoms. The summed E-state index contributed by atoms with van der Waals surface area (Å²) in [5.41, 5.74) is 9.61. The fourth-order valence-electron chi connectivity index (χ4n) is 0.389. The number of aliphatic imine (C=N–C) groups is 1. The number of ether oxygens (including phenoxy) is 1. The predicted molar refractivity (Wildman–Crippen MR) is 57.3 cm³/mol. The van der Waals surface area contributed by atoms with Crippen LogP contribution in [-0.2, 0) is 4.74 Å². The molecule has 0 aromatic carbocycles. The van der Waals surface area contributed by atoms with E-state index in [9.17, 15) is 14.6 Å². The van der Waals surface area contributed by atoms with E-state index in [-0.39, 0.29) is 19.3 Å². The van der Waals surface area contributed by atoms with Crippen molar-refractivity contribution in [3.63, 3.8) is 0 Å². The van der Waals surface area contributed by atoms with Crippen LogP contribution in [0, 0.1) is 9.81 Å². The zero-order valence-electron chi connectivity index (χ0n) is 8.75. The number of amides is 1. The van der Waals surface area contributed by atoms with Gasteiger partial charge < -0.3 is 16.2 Å². The van der Waals surface area contributed by atoms with Crippen LogP contribution in [0.1, 0.15) is 6.92 Å². The average molecular weight is 234 g/mol. The monoisotopic (exact) mass is 234 g/mol. The van der Waals surface area contributed by atoms with E-state index >= 15 is 0 Å². The van der Waals surface area contributed by atoms with E-state index in [0.717, 1.165) is 0 Å². The molecule has 0 aromatic heterocycles. The van der Waals surface area contributed by atoms with Gasteiger partial charge in [-0.25, -0.2) is 9.79 Å². The number of nitrogens with two attached hydrogens (primary N) is 2. The molecule has 0 rings (SSSR count). The second-order valence-electron chi connectivity index (χ2n) is 2.04. The predicted octanol–water partition coefficient (Wildman–Crippen LogP) is -0.560. The first-order valence-electron chi connectivity index (χ1n) is 4.12. The zero-order valence-corrected chi connectivity index (χ0v) is 8.75. The lowest BCUT2D eigenvalue weighted by Gasteiger charge is -1.98. The second kappa shape index (κ2) is 12.7. The van der Waals surface area contributed by atoms with Crippen LogP contribution >= 0.6 is 0 Å². The second-order valence-corrected chi connectivity index (χ2v) is 2.04. The summed E-state index contributed by atoms with van der Waals surface area (Å²) in [5, 5.41) is 6.87. The van der Waals surface area contributed by atoms with Gasteiger partial charge in [0.1, 0.15) is 0 Å². The van der Waals surface area contributed by atoms with Gasteiger partial charge >= 0.3 is 6.09 Å². The normalized spacial score (nSPS) is 7.81. The number of hydrogen-bond acceptors (Lipinski definition) is 7. The van der Waals surface area contributed by atoms with Crippen LogP contribution in [0.4, 0.5) is 4.79 Å². The lowest BCUT2D eigenvalue weighted by Crippen LogP contribution is -2.23. The molecule has 0 spiro atoms. The van der Waals surface area contributed by atoms with E-state index in [0.29, 0.717) is 6.61 Å². The smallest absolute Gasteiger partial charge is 0.408 e. The molecule has 0 saturated carbocycles. The third-order valence-electron chi connectivity index (χ3n) is 0.874. The van der Waals surface area contributed by atoms with Crippen LogP contribution in [-0.4, -0.2) is 32.0 Å². The van der Waals surface area contributed by atoms with Crippen LogP contribution in [0.25, 0.3) is 0 Å². The number of nitroso groups, excluding NO2 is 2. The Bertz CT molecular complexity index is 239. The quantitative estimate of drug-likeness (QED) is 0.328. The largest absolute Gasteiger partial charge is 0.450 e. The molecular formula is C6H14N6O4. The van der Waals surface area contributed by atoms with Gasteiger partial charge in [-0.15, -0.1) is 9.81 Å². The SMILES string of the molecule is CCOC(=O)NCN=O.NC(N)=NCN=O. The summed E-state index contributed by atoms with van der Waals surface area (Å²) in [7, 11) is 0. The summed E-state index contributed by atoms with van der Waals surface area (Å²) in [6.45, 7) is 1.54. The van der Waals surface area contributed by atoms with E-state index in [1.165, 1.54) is 0 Å². The molecule has 0 heterocycles. The van der Waals surface area contributed by atoms with Crippen molar-refractivity contribution in [3.05, 3.63) is 9.81 Å². The molecule has 0 bridgehead atoms. The minimum atomic E-state index is -0.614. The zero-order chi connectivity index (χ0) is 12.8. The van der Waals surface area contributed by atoms with Crippen molar-refractivity contribution in [1.29, 1.82) is 0 Å². The molecular weight excluding hydrogens is 220 g/mol. The minimum Gasteiger partial charge on any atom is -0.450 e. The molecule has 0 aromatic rings. The Morgan fingerprint density at radius 1 is 1.31 bits per heavy atom. The highest BCUT2D eigenvalue weighted by Crippen LogP contribution is 1.74. The molecule has 0 fully saturated rings. The van der Waals surface area contributed by atoms with Crippen LogP contribution in [0.5, 0.6) is 0 Å². The fraction of sp³-hybridized carbons (Fsp3) is 0.667. The van der Waals surface area contributed by atoms with Gasteiger partial charge in [0.15, 0.2) is 19.3 Å². The van der Waals surface area contributed by atoms with Crippen LogP contribution in [0.2, 0.25) is 0 Å². The van der Waals surface area contributed by atoms with Crippen molar-refractivity contribution in [3.8, 4) is 0 Å². The van der Waals surface area contributed by atoms with Gasteiger partial charge in [0.25, 0.3) is 0 Å². The number of carbonyl (C=O) groups excluding carboxylic acids is 1. The summed E-state index contributed by atoms with van der Waals surface area (Å²) in [4.78, 5) is 32.1. The molecule has 10 heteroatoms. The standard InChI is InChI=1S/C4H8N2O3.C2H6N4O/c1-2-9-4(7)5-3-6-8;3-2(4)5-1-6-7/h2-3H2,1H3,(H,5,7);1H2,(H4,3,4,5). The molecule has 10 nitrogen and oxygen atoms in total. The molecule has 92 valence electrons. The lowest BCUT2D eigenvalue weighted by molar-refractivity contribution is 0.152. The van der Waals surface area contributed by atoms with Crippen LogP contribution in [0.3, 0.4) is 0 Å². The first-order chi connectivity index (χ1) is 7.58. The van der Waals surface area contributed by atoms with Crippen molar-refractivity contribution in [2.75, 3.05) is 19.9 Å². The van der Waals surface area contributed by atoms with Crippen molar-refractivity contribution in [1.82, 2.24) is 5.32 Å². The molecule has 0 aliphatic carbocycles. The van der Waals surface area contributed by atoms with Gasteiger partial charge in [-0.2, -0.15) is 0 Å². The summed E-state index contributed by atoms with van der Waals surface area (Å²) >= 11 is 0. The van der Waals surface area contributed by atoms with Crippen molar-refractivity contribution in [2.24, 2.45) is 26.8 Å². The average Bonchev–Trinajstić information content (AvgIpc) is 2.25. The summed E-state index contributed by atoms with van der Waals surface area (Å²) in [6.07, 6.45) is -0.614. The van der Waals surface area contributed by atoms with E-state index in [1.807, 2.05) is 0 Å². The Balaban J connectivity index is 0. The Morgan fingerprint density at radius 3 is 2.25 bits per heavy atom. The van der Waals surface area contributed by atoms with Crippen molar-refractivity contribution < 1.29 is 9.53 Å². The van der Waals surface area contributed by atoms with Crippen LogP contribution in [0.15, 0.2) is 15.3 Å². The van der Waals surface area contributed by atoms with E-state index in [1.54, 1.807) is 6.92 Å². The van der Waals surface area contributed by atoms with E-state index in [2.05, 4.69) is 25.4 Å². The summed E-state index contributed by atoms with van der Waals surface area (Å²) < 4.78 is 4.40. The maximum atomic E-state index is 10.3. The molecule has 0 radical (unpaired) electrons. The highest BCUT2D eigenvalue weighted by Gasteiger charge is 1.95. The highest BCUT2D eigenvalue weighted by atomic mass is 16.5. The Hall–Kier alpha value is -2.26. The van der Waals surface area contributed by atoms with Gasteiger partial charge in [-0.3, -0.25) is 5.32 Å². The first kappa shape index (κ1) is 16.2. The van der Waals surface area contributed by atoms with Crippen LogP contribution < -0.4 is 16.8 Å². The molecule has 5 N–H and O–H groups in total. The molecule has 0 unspecified atom stereocenters. The number of nitrogens with zero attached hydrogens (tertiary/aromatic N) is 3. The molecule has 1 amide bonds. The number of nitrogens with one attached hydrogen (secondary N) is 1. The van der Waals surface area contributed by atoms with Gasteiger partial charge in [0, 0.05) is 0 Å². The van der Waals surface area contributed by atoms with Crippen molar-refractivity contribution >= 4 is 12.1 Å². The van der Waals surface area contributed by atoms with Gasteiger partial charge in [0.2, 0.25) is 0 Å². The number of carbonyl (C=O) groups is 1. The number of alkyl carbamates (subject to hydrolysis) is 1. The molecule has 0 saturated heterocycles. The van der Waals surface area contributed by atoms with Gasteiger partial charge in [-0.1, -0.05) is 0 Å². The number of hydrogen-bond donors (Lipinski definition) is 3. The first-order valence-corrected chi connectivity index (χ1v) is 4.12. The number of guanidine groups is 1. The Morgan fingerprint density at radius 2 is 1.94 bits per heavy atom. The van der Waals surface area contributed by atoms with E-state index < -0.39 is 6.09 Å². The van der Waals surface area contributed by atoms with E-state index in [4.69, 9.17) is 11.5 Å². The summed E-state index contributed by atoms with van der Waals surface area (Å²) in [5.74, 6) is -0.111. The third-order valence-corrected chi connectivity index (χ3v) is 0.874. The molecule has 0 aliphatic heterocycles. The lowest BCUT2D eigenvalue weighted by atomic mass is 10.9.